The molecular weight excluding hydrogens is 316 g/mol. The van der Waals surface area contributed by atoms with E-state index in [2.05, 4.69) is 31.9 Å². The van der Waals surface area contributed by atoms with E-state index in [1.807, 2.05) is 0 Å². The minimum atomic E-state index is -0.831. The van der Waals surface area contributed by atoms with Crippen molar-refractivity contribution in [3.05, 3.63) is 0 Å². The number of nitrogens with two attached hydrogens (primary N) is 1. The van der Waals surface area contributed by atoms with E-state index in [4.69, 9.17) is 5.73 Å². The van der Waals surface area contributed by atoms with Crippen LogP contribution < -0.4 is 16.0 Å². The van der Waals surface area contributed by atoms with Crippen molar-refractivity contribution >= 4 is 29.6 Å². The molecule has 1 aromatic heterocycles. The first-order valence-corrected chi connectivity index (χ1v) is 8.95. The molecule has 1 aromatic rings. The number of hydrogen-bond acceptors (Lipinski definition) is 6. The summed E-state index contributed by atoms with van der Waals surface area (Å²) in [6, 6.07) is -0.400. The number of carbonyl (C=O) groups is 2. The molecule has 0 aromatic carbocycles. The highest BCUT2D eigenvalue weighted by Gasteiger charge is 2.32. The lowest BCUT2D eigenvalue weighted by atomic mass is 10.00. The predicted molar refractivity (Wildman–Crippen MR) is 87.4 cm³/mol. The monoisotopic (exact) mass is 338 g/mol. The van der Waals surface area contributed by atoms with E-state index < -0.39 is 11.9 Å². The highest BCUT2D eigenvalue weighted by Crippen LogP contribution is 2.41. The number of nitrogens with one attached hydrogen (secondary N) is 1. The Hall–Kier alpha value is -1.77. The van der Waals surface area contributed by atoms with Gasteiger partial charge >= 0.3 is 6.03 Å². The molecule has 0 radical (unpaired) electrons. The summed E-state index contributed by atoms with van der Waals surface area (Å²) < 4.78 is 2.15. The van der Waals surface area contributed by atoms with Crippen LogP contribution in [-0.4, -0.2) is 45.5 Å². The topological polar surface area (TPSA) is 106 Å². The molecule has 0 atom stereocenters. The summed E-state index contributed by atoms with van der Waals surface area (Å²) in [5.74, 6) is 1.36. The summed E-state index contributed by atoms with van der Waals surface area (Å²) in [5, 5.41) is 11.4. The molecule has 1 saturated carbocycles. The Morgan fingerprint density at radius 3 is 2.57 bits per heavy atom. The number of amides is 3. The number of anilines is 1. The van der Waals surface area contributed by atoms with E-state index in [0.29, 0.717) is 6.04 Å². The average molecular weight is 338 g/mol. The number of nitrogens with zero attached hydrogens (tertiary/aromatic N) is 4. The second kappa shape index (κ2) is 6.77. The first-order chi connectivity index (χ1) is 11.0. The van der Waals surface area contributed by atoms with Crippen LogP contribution in [0.25, 0.3) is 0 Å². The molecule has 0 bridgehead atoms. The maximum absolute atomic E-state index is 11.6. The van der Waals surface area contributed by atoms with Crippen molar-refractivity contribution in [1.29, 1.82) is 0 Å². The van der Waals surface area contributed by atoms with Crippen molar-refractivity contribution in [2.24, 2.45) is 11.7 Å². The maximum atomic E-state index is 11.6. The van der Waals surface area contributed by atoms with Gasteiger partial charge in [-0.2, -0.15) is 0 Å². The fourth-order valence-electron chi connectivity index (χ4n) is 2.75. The zero-order valence-electron chi connectivity index (χ0n) is 13.2. The second-order valence-corrected chi connectivity index (χ2v) is 7.20. The molecule has 3 amide bonds. The van der Waals surface area contributed by atoms with Crippen LogP contribution in [0.3, 0.4) is 0 Å². The number of hydrogen-bond donors (Lipinski definition) is 2. The molecule has 3 rings (SSSR count). The Kier molecular flexibility index (Phi) is 4.74. The van der Waals surface area contributed by atoms with Crippen molar-refractivity contribution in [2.45, 2.75) is 43.8 Å². The highest BCUT2D eigenvalue weighted by molar-refractivity contribution is 7.99. The number of rotatable bonds is 5. The normalized spacial score (nSPS) is 18.9. The quantitative estimate of drug-likeness (QED) is 0.780. The fraction of sp³-hybridized carbons (Fsp3) is 0.714. The van der Waals surface area contributed by atoms with Crippen LogP contribution in [0.1, 0.15) is 38.6 Å². The number of imide groups is 1. The minimum Gasteiger partial charge on any atom is -0.351 e. The van der Waals surface area contributed by atoms with E-state index in [1.165, 1.54) is 24.6 Å². The van der Waals surface area contributed by atoms with Gasteiger partial charge in [0, 0.05) is 19.1 Å². The van der Waals surface area contributed by atoms with Crippen LogP contribution in [0.4, 0.5) is 10.7 Å². The zero-order valence-corrected chi connectivity index (χ0v) is 14.0. The van der Waals surface area contributed by atoms with Gasteiger partial charge in [0.1, 0.15) is 0 Å². The summed E-state index contributed by atoms with van der Waals surface area (Å²) >= 11 is 1.29. The molecule has 2 fully saturated rings. The first kappa shape index (κ1) is 16.1. The Balaban J connectivity index is 1.69. The van der Waals surface area contributed by atoms with Crippen LogP contribution in [-0.2, 0) is 4.79 Å². The van der Waals surface area contributed by atoms with E-state index in [-0.39, 0.29) is 5.75 Å². The van der Waals surface area contributed by atoms with Crippen LogP contribution in [0.5, 0.6) is 0 Å². The van der Waals surface area contributed by atoms with Crippen LogP contribution >= 0.6 is 11.8 Å². The summed E-state index contributed by atoms with van der Waals surface area (Å²) in [7, 11) is 0. The Bertz CT molecular complexity index is 592. The lowest BCUT2D eigenvalue weighted by molar-refractivity contribution is -0.117. The lowest BCUT2D eigenvalue weighted by Gasteiger charge is -2.31. The zero-order chi connectivity index (χ0) is 16.4. The molecule has 3 N–H and O–H groups in total. The van der Waals surface area contributed by atoms with Gasteiger partial charge in [-0.15, -0.1) is 10.2 Å². The number of primary amides is 1. The van der Waals surface area contributed by atoms with Crippen molar-refractivity contribution < 1.29 is 9.59 Å². The molecule has 0 unspecified atom stereocenters. The Labute approximate surface area is 139 Å². The maximum Gasteiger partial charge on any atom is 0.318 e. The minimum absolute atomic E-state index is 0.102. The molecule has 9 heteroatoms. The summed E-state index contributed by atoms with van der Waals surface area (Å²) in [6.45, 7) is 4.28. The van der Waals surface area contributed by atoms with E-state index in [9.17, 15) is 9.59 Å². The number of aromatic nitrogens is 3. The average Bonchev–Trinajstić information content (AvgIpc) is 3.25. The van der Waals surface area contributed by atoms with Gasteiger partial charge in [0.25, 0.3) is 0 Å². The number of carbonyl (C=O) groups excluding carboxylic acids is 2. The van der Waals surface area contributed by atoms with E-state index in [1.54, 1.807) is 0 Å². The molecule has 126 valence electrons. The molecule has 23 heavy (non-hydrogen) atoms. The van der Waals surface area contributed by atoms with Gasteiger partial charge in [0.15, 0.2) is 5.16 Å². The van der Waals surface area contributed by atoms with Crippen LogP contribution in [0, 0.1) is 5.92 Å². The van der Waals surface area contributed by atoms with Crippen molar-refractivity contribution in [3.8, 4) is 0 Å². The molecule has 1 saturated heterocycles. The summed E-state index contributed by atoms with van der Waals surface area (Å²) in [4.78, 5) is 24.5. The second-order valence-electron chi connectivity index (χ2n) is 6.25. The Morgan fingerprint density at radius 2 is 1.96 bits per heavy atom. The number of urea groups is 1. The van der Waals surface area contributed by atoms with Crippen LogP contribution in [0.2, 0.25) is 0 Å². The predicted octanol–water partition coefficient (Wildman–Crippen LogP) is 1.14. The SMILES string of the molecule is CC1CCN(c2nnc(SCC(=O)NC(N)=O)n2C2CC2)CC1. The van der Waals surface area contributed by atoms with Crippen LogP contribution in [0.15, 0.2) is 5.16 Å². The van der Waals surface area contributed by atoms with Gasteiger partial charge in [-0.05, 0) is 31.6 Å². The molecule has 1 aliphatic carbocycles. The largest absolute Gasteiger partial charge is 0.351 e. The number of piperidine rings is 1. The fourth-order valence-corrected chi connectivity index (χ4v) is 3.55. The van der Waals surface area contributed by atoms with E-state index >= 15 is 0 Å². The third-order valence-corrected chi connectivity index (χ3v) is 5.16. The van der Waals surface area contributed by atoms with Gasteiger partial charge < -0.3 is 10.6 Å². The molecule has 2 heterocycles. The molecule has 2 aliphatic rings. The molecule has 0 spiro atoms. The summed E-state index contributed by atoms with van der Waals surface area (Å²) in [6.07, 6.45) is 4.58. The standard InChI is InChI=1S/C14H22N6O2S/c1-9-4-6-19(7-5-9)13-17-18-14(20(13)10-2-3-10)23-8-11(21)16-12(15)22/h9-10H,2-8H2,1H3,(H3,15,16,21,22). The molecular formula is C14H22N6O2S. The highest BCUT2D eigenvalue weighted by atomic mass is 32.2. The first-order valence-electron chi connectivity index (χ1n) is 7.96. The third-order valence-electron chi connectivity index (χ3n) is 4.22. The van der Waals surface area contributed by atoms with E-state index in [0.717, 1.165) is 43.0 Å². The number of thioether (sulfide) groups is 1. The third kappa shape index (κ3) is 3.95. The summed E-state index contributed by atoms with van der Waals surface area (Å²) in [5.41, 5.74) is 4.94. The lowest BCUT2D eigenvalue weighted by Crippen LogP contribution is -2.36. The molecule has 8 nitrogen and oxygen atoms in total. The van der Waals surface area contributed by atoms with Crippen molar-refractivity contribution in [2.75, 3.05) is 23.7 Å². The Morgan fingerprint density at radius 1 is 1.26 bits per heavy atom. The van der Waals surface area contributed by atoms with Gasteiger partial charge in [0.2, 0.25) is 11.9 Å². The van der Waals surface area contributed by atoms with Gasteiger partial charge in [-0.25, -0.2) is 4.79 Å². The molecule has 1 aliphatic heterocycles. The van der Waals surface area contributed by atoms with Crippen molar-refractivity contribution in [1.82, 2.24) is 20.1 Å². The van der Waals surface area contributed by atoms with Gasteiger partial charge in [-0.1, -0.05) is 18.7 Å². The van der Waals surface area contributed by atoms with Gasteiger partial charge in [-0.3, -0.25) is 14.7 Å². The smallest absolute Gasteiger partial charge is 0.318 e. The van der Waals surface area contributed by atoms with Crippen molar-refractivity contribution in [3.63, 3.8) is 0 Å². The van der Waals surface area contributed by atoms with Gasteiger partial charge in [0.05, 0.1) is 5.75 Å².